The largest absolute Gasteiger partial charge is 0.372 e. The molecule has 1 aromatic rings. The number of nitroso groups, excluding NO2 is 1. The number of rotatable bonds is 4. The Morgan fingerprint density at radius 2 is 1.68 bits per heavy atom. The minimum Gasteiger partial charge on any atom is -0.372 e. The molecule has 6 heteroatoms. The van der Waals surface area contributed by atoms with E-state index in [0.717, 1.165) is 29.3 Å². The topological polar surface area (TPSA) is 46.9 Å². The van der Waals surface area contributed by atoms with E-state index in [9.17, 15) is 9.70 Å². The number of anilines is 1. The fraction of sp³-hybridized carbons (Fsp3) is 0.562. The summed E-state index contributed by atoms with van der Waals surface area (Å²) in [4.78, 5) is 27.1. The molecule has 0 N–H and O–H groups in total. The molecule has 1 fully saturated rings. The molecule has 0 radical (unpaired) electrons. The van der Waals surface area contributed by atoms with Crippen molar-refractivity contribution in [2.24, 2.45) is 5.92 Å². The lowest BCUT2D eigenvalue weighted by molar-refractivity contribution is -0.823. The smallest absolute Gasteiger partial charge is 0.290 e. The van der Waals surface area contributed by atoms with Crippen LogP contribution in [0.3, 0.4) is 0 Å². The summed E-state index contributed by atoms with van der Waals surface area (Å²) in [6.07, 6.45) is 0. The molecule has 6 nitrogen and oxygen atoms in total. The van der Waals surface area contributed by atoms with E-state index >= 15 is 0 Å². The molecule has 1 amide bonds. The molecule has 1 aliphatic rings. The van der Waals surface area contributed by atoms with Crippen molar-refractivity contribution in [1.82, 2.24) is 10.0 Å². The molecule has 0 aromatic heterocycles. The highest BCUT2D eigenvalue weighted by Gasteiger charge is 2.47. The minimum absolute atomic E-state index is 0.161. The Balaban J connectivity index is 2.30. The lowest BCUT2D eigenvalue weighted by atomic mass is 9.92. The second-order valence-corrected chi connectivity index (χ2v) is 5.69. The summed E-state index contributed by atoms with van der Waals surface area (Å²) in [6, 6.07) is 7.89. The van der Waals surface area contributed by atoms with Crippen LogP contribution in [0.25, 0.3) is 0 Å². The monoisotopic (exact) mass is 305 g/mol. The third-order valence-corrected chi connectivity index (χ3v) is 4.47. The minimum atomic E-state index is -0.264. The molecular formula is C16H25N4O2+. The van der Waals surface area contributed by atoms with E-state index in [4.69, 9.17) is 0 Å². The van der Waals surface area contributed by atoms with Gasteiger partial charge in [0.15, 0.2) is 0 Å². The third-order valence-electron chi connectivity index (χ3n) is 4.47. The van der Waals surface area contributed by atoms with Gasteiger partial charge in [-0.05, 0) is 36.6 Å². The Hall–Kier alpha value is -2.11. The maximum atomic E-state index is 12.2. The lowest BCUT2D eigenvalue weighted by Gasteiger charge is -2.32. The van der Waals surface area contributed by atoms with Crippen LogP contribution < -0.4 is 4.90 Å². The van der Waals surface area contributed by atoms with Crippen LogP contribution >= 0.6 is 0 Å². The zero-order valence-corrected chi connectivity index (χ0v) is 14.0. The molecule has 2 unspecified atom stereocenters. The van der Waals surface area contributed by atoms with Crippen LogP contribution in [-0.2, 0) is 4.79 Å². The van der Waals surface area contributed by atoms with Crippen LogP contribution in [0.15, 0.2) is 24.3 Å². The van der Waals surface area contributed by atoms with E-state index in [1.807, 2.05) is 19.1 Å². The van der Waals surface area contributed by atoms with E-state index in [0.29, 0.717) is 4.98 Å². The number of hydrogen-bond donors (Lipinski definition) is 0. The Bertz CT molecular complexity index is 532. The molecule has 0 saturated carbocycles. The summed E-state index contributed by atoms with van der Waals surface area (Å²) in [5.74, 6) is -0.426. The van der Waals surface area contributed by atoms with Gasteiger partial charge < -0.3 is 4.90 Å². The van der Waals surface area contributed by atoms with Gasteiger partial charge in [0.05, 0.1) is 24.9 Å². The highest BCUT2D eigenvalue weighted by Crippen LogP contribution is 2.33. The van der Waals surface area contributed by atoms with E-state index in [-0.39, 0.29) is 17.9 Å². The molecule has 0 spiro atoms. The van der Waals surface area contributed by atoms with Crippen molar-refractivity contribution in [3.8, 4) is 0 Å². The van der Waals surface area contributed by atoms with Crippen molar-refractivity contribution in [2.75, 3.05) is 32.1 Å². The first-order valence-corrected chi connectivity index (χ1v) is 7.74. The number of hydrazine groups is 2. The summed E-state index contributed by atoms with van der Waals surface area (Å²) in [5, 5.41) is 2.68. The average molecular weight is 305 g/mol. The predicted octanol–water partition coefficient (Wildman–Crippen LogP) is 2.22. The molecule has 1 heterocycles. The summed E-state index contributed by atoms with van der Waals surface area (Å²) in [7, 11) is 3.22. The van der Waals surface area contributed by atoms with Gasteiger partial charge in [0.1, 0.15) is 6.04 Å². The molecule has 0 bridgehead atoms. The zero-order chi connectivity index (χ0) is 16.4. The van der Waals surface area contributed by atoms with E-state index in [1.165, 1.54) is 7.05 Å². The van der Waals surface area contributed by atoms with Crippen LogP contribution in [-0.4, -0.2) is 48.1 Å². The quantitative estimate of drug-likeness (QED) is 0.800. The summed E-state index contributed by atoms with van der Waals surface area (Å²) in [6.45, 7) is 8.02. The average Bonchev–Trinajstić information content (AvgIpc) is 2.54. The molecule has 1 saturated heterocycles. The molecule has 2 rings (SSSR count). The molecule has 1 aromatic carbocycles. The highest BCUT2D eigenvalue weighted by atomic mass is 16.4. The zero-order valence-electron chi connectivity index (χ0n) is 14.0. The van der Waals surface area contributed by atoms with Crippen molar-refractivity contribution in [1.29, 1.82) is 0 Å². The first-order chi connectivity index (χ1) is 10.4. The summed E-state index contributed by atoms with van der Waals surface area (Å²) < 4.78 is 0. The van der Waals surface area contributed by atoms with Crippen molar-refractivity contribution in [2.45, 2.75) is 26.8 Å². The van der Waals surface area contributed by atoms with E-state index in [1.54, 1.807) is 12.1 Å². The summed E-state index contributed by atoms with van der Waals surface area (Å²) >= 11 is 0. The maximum absolute atomic E-state index is 12.2. The number of carbonyl (C=O) groups excluding carboxylic acids is 1. The van der Waals surface area contributed by atoms with Crippen LogP contribution in [0.2, 0.25) is 0 Å². The maximum Gasteiger partial charge on any atom is 0.290 e. The Labute approximate surface area is 131 Å². The van der Waals surface area contributed by atoms with Gasteiger partial charge in [-0.2, -0.15) is 0 Å². The van der Waals surface area contributed by atoms with Gasteiger partial charge in [0.2, 0.25) is 0 Å². The van der Waals surface area contributed by atoms with E-state index < -0.39 is 0 Å². The summed E-state index contributed by atoms with van der Waals surface area (Å²) in [5.41, 5.74) is 2.13. The van der Waals surface area contributed by atoms with Gasteiger partial charge in [-0.1, -0.05) is 19.1 Å². The third kappa shape index (κ3) is 2.65. The Morgan fingerprint density at radius 3 is 2.18 bits per heavy atom. The van der Waals surface area contributed by atoms with Crippen molar-refractivity contribution in [3.05, 3.63) is 34.7 Å². The van der Waals surface area contributed by atoms with Crippen LogP contribution in [0, 0.1) is 10.8 Å². The number of carbonyl (C=O) groups is 1. The van der Waals surface area contributed by atoms with Crippen molar-refractivity contribution in [3.63, 3.8) is 0 Å². The molecule has 22 heavy (non-hydrogen) atoms. The number of hydrogen-bond acceptors (Lipinski definition) is 3. The van der Waals surface area contributed by atoms with E-state index in [2.05, 4.69) is 30.9 Å². The second kappa shape index (κ2) is 6.34. The van der Waals surface area contributed by atoms with Gasteiger partial charge in [-0.15, -0.1) is 5.01 Å². The van der Waals surface area contributed by atoms with Gasteiger partial charge in [-0.25, -0.2) is 0 Å². The van der Waals surface area contributed by atoms with Crippen LogP contribution in [0.4, 0.5) is 5.69 Å². The number of nitrogens with zero attached hydrogens (tertiary/aromatic N) is 4. The first-order valence-electron chi connectivity index (χ1n) is 7.74. The van der Waals surface area contributed by atoms with Crippen LogP contribution in [0.1, 0.15) is 32.4 Å². The number of amides is 1. The normalized spacial score (nSPS) is 22.2. The standard InChI is InChI=1S/C16H25N4O2/c1-6-19(7-2)14-10-8-13(9-11-14)15-12(3)16(21)18(5)20(22)17(15)4/h8-12,15H,6-7H2,1-5H3/q+1. The predicted molar refractivity (Wildman–Crippen MR) is 86.1 cm³/mol. The fourth-order valence-corrected chi connectivity index (χ4v) is 3.13. The molecular weight excluding hydrogens is 280 g/mol. The first kappa shape index (κ1) is 16.3. The van der Waals surface area contributed by atoms with Crippen molar-refractivity contribution < 1.29 is 9.77 Å². The molecule has 2 atom stereocenters. The molecule has 1 aliphatic heterocycles. The van der Waals surface area contributed by atoms with Gasteiger partial charge in [-0.3, -0.25) is 4.79 Å². The second-order valence-electron chi connectivity index (χ2n) is 5.69. The SMILES string of the molecule is CCN(CC)c1ccc(C2C(C)C(=O)N(C)[N+](=O)N2C)cc1. The van der Waals surface area contributed by atoms with Gasteiger partial charge >= 0.3 is 0 Å². The Morgan fingerprint density at radius 1 is 1.14 bits per heavy atom. The van der Waals surface area contributed by atoms with Crippen molar-refractivity contribution >= 4 is 11.6 Å². The number of benzene rings is 1. The fourth-order valence-electron chi connectivity index (χ4n) is 3.13. The van der Waals surface area contributed by atoms with Gasteiger partial charge in [0, 0.05) is 18.8 Å². The highest BCUT2D eigenvalue weighted by molar-refractivity contribution is 5.78. The molecule has 120 valence electrons. The van der Waals surface area contributed by atoms with Gasteiger partial charge in [0.25, 0.3) is 10.9 Å². The lowest BCUT2D eigenvalue weighted by Crippen LogP contribution is -2.55. The van der Waals surface area contributed by atoms with Crippen LogP contribution in [0.5, 0.6) is 0 Å². The Kier molecular flexibility index (Phi) is 4.68. The molecule has 0 aliphatic carbocycles.